The summed E-state index contributed by atoms with van der Waals surface area (Å²) in [6.45, 7) is 1.97. The number of halogens is 2. The van der Waals surface area contributed by atoms with Gasteiger partial charge in [0.25, 0.3) is 0 Å². The van der Waals surface area contributed by atoms with Crippen LogP contribution in [0.1, 0.15) is 30.4 Å². The molecule has 0 radical (unpaired) electrons. The minimum atomic E-state index is -0.841. The van der Waals surface area contributed by atoms with E-state index in [1.165, 1.54) is 0 Å². The Bertz CT molecular complexity index is 839. The Morgan fingerprint density at radius 3 is 2.19 bits per heavy atom. The molecule has 3 nitrogen and oxygen atoms in total. The number of hydrogen-bond donors (Lipinski definition) is 0. The number of carbonyl (C=O) groups excluding carboxylic acids is 2. The van der Waals surface area contributed by atoms with Crippen LogP contribution in [0.3, 0.4) is 0 Å². The highest BCUT2D eigenvalue weighted by molar-refractivity contribution is 6.30. The Kier molecular flexibility index (Phi) is 5.80. The van der Waals surface area contributed by atoms with Gasteiger partial charge in [0, 0.05) is 16.0 Å². The van der Waals surface area contributed by atoms with E-state index in [0.29, 0.717) is 16.5 Å². The molecule has 0 fully saturated rings. The molecular formula is C21H18Cl2O3. The lowest BCUT2D eigenvalue weighted by Crippen LogP contribution is -2.34. The first-order chi connectivity index (χ1) is 12.5. The van der Waals surface area contributed by atoms with Gasteiger partial charge in [-0.05, 0) is 60.4 Å². The summed E-state index contributed by atoms with van der Waals surface area (Å²) in [5.74, 6) is -1.86. The van der Waals surface area contributed by atoms with Gasteiger partial charge in [-0.2, -0.15) is 0 Å². The number of benzene rings is 2. The van der Waals surface area contributed by atoms with Crippen molar-refractivity contribution in [3.63, 3.8) is 0 Å². The van der Waals surface area contributed by atoms with Gasteiger partial charge in [-0.1, -0.05) is 47.5 Å². The normalized spacial score (nSPS) is 19.8. The standard InChI is InChI=1S/C21H18Cl2O3/c1-2-26-21(25)20-18(14-5-9-17(23)10-6-14)11-15(12-19(20)24)13-3-7-16(22)8-4-13/h3-10,12,18,20H,2,11H2,1H3/t18-,20-/m0/s1. The lowest BCUT2D eigenvalue weighted by atomic mass is 9.73. The first kappa shape index (κ1) is 18.7. The van der Waals surface area contributed by atoms with Crippen molar-refractivity contribution in [2.24, 2.45) is 5.92 Å². The van der Waals surface area contributed by atoms with Gasteiger partial charge in [-0.3, -0.25) is 9.59 Å². The van der Waals surface area contributed by atoms with Crippen LogP contribution in [0.5, 0.6) is 0 Å². The minimum absolute atomic E-state index is 0.236. The summed E-state index contributed by atoms with van der Waals surface area (Å²) in [7, 11) is 0. The zero-order valence-electron chi connectivity index (χ0n) is 14.2. The zero-order chi connectivity index (χ0) is 18.7. The van der Waals surface area contributed by atoms with Gasteiger partial charge < -0.3 is 4.74 Å². The number of allylic oxidation sites excluding steroid dienone is 2. The van der Waals surface area contributed by atoms with E-state index in [9.17, 15) is 9.59 Å². The molecule has 1 aliphatic rings. The molecule has 134 valence electrons. The van der Waals surface area contributed by atoms with Gasteiger partial charge >= 0.3 is 5.97 Å². The smallest absolute Gasteiger partial charge is 0.317 e. The molecule has 3 rings (SSSR count). The molecule has 0 bridgehead atoms. The van der Waals surface area contributed by atoms with E-state index in [1.807, 2.05) is 24.3 Å². The molecule has 2 aromatic rings. The van der Waals surface area contributed by atoms with E-state index in [0.717, 1.165) is 16.7 Å². The highest BCUT2D eigenvalue weighted by Gasteiger charge is 2.39. The van der Waals surface area contributed by atoms with Crippen LogP contribution in [-0.2, 0) is 14.3 Å². The Morgan fingerprint density at radius 1 is 1.04 bits per heavy atom. The molecule has 2 atom stereocenters. The van der Waals surface area contributed by atoms with E-state index in [4.69, 9.17) is 27.9 Å². The number of esters is 1. The summed E-state index contributed by atoms with van der Waals surface area (Å²) in [5.41, 5.74) is 2.69. The van der Waals surface area contributed by atoms with Crippen molar-refractivity contribution in [2.75, 3.05) is 6.61 Å². The third-order valence-corrected chi connectivity index (χ3v) is 5.02. The van der Waals surface area contributed by atoms with Crippen molar-refractivity contribution in [3.05, 3.63) is 75.8 Å². The zero-order valence-corrected chi connectivity index (χ0v) is 15.8. The van der Waals surface area contributed by atoms with Gasteiger partial charge in [0.2, 0.25) is 0 Å². The number of rotatable bonds is 4. The molecule has 0 amide bonds. The van der Waals surface area contributed by atoms with Gasteiger partial charge in [0.15, 0.2) is 5.78 Å². The molecule has 0 saturated carbocycles. The fraction of sp³-hybridized carbons (Fsp3) is 0.238. The summed E-state index contributed by atoms with van der Waals surface area (Å²) < 4.78 is 5.15. The second kappa shape index (κ2) is 8.07. The number of ether oxygens (including phenoxy) is 1. The summed E-state index contributed by atoms with van der Waals surface area (Å²) >= 11 is 11.9. The average molecular weight is 389 g/mol. The van der Waals surface area contributed by atoms with Crippen molar-refractivity contribution in [1.82, 2.24) is 0 Å². The summed E-state index contributed by atoms with van der Waals surface area (Å²) in [5, 5.41) is 1.24. The fourth-order valence-electron chi connectivity index (χ4n) is 3.27. The van der Waals surface area contributed by atoms with Gasteiger partial charge in [0.1, 0.15) is 5.92 Å². The van der Waals surface area contributed by atoms with E-state index in [2.05, 4.69) is 0 Å². The molecule has 0 spiro atoms. The van der Waals surface area contributed by atoms with E-state index >= 15 is 0 Å². The maximum absolute atomic E-state index is 12.8. The van der Waals surface area contributed by atoms with Crippen molar-refractivity contribution in [1.29, 1.82) is 0 Å². The van der Waals surface area contributed by atoms with Crippen molar-refractivity contribution in [2.45, 2.75) is 19.3 Å². The van der Waals surface area contributed by atoms with Gasteiger partial charge in [-0.25, -0.2) is 0 Å². The Morgan fingerprint density at radius 2 is 1.62 bits per heavy atom. The molecule has 5 heteroatoms. The Hall–Kier alpha value is -2.10. The van der Waals surface area contributed by atoms with E-state index in [1.54, 1.807) is 37.3 Å². The average Bonchev–Trinajstić information content (AvgIpc) is 2.62. The van der Waals surface area contributed by atoms with Crippen LogP contribution >= 0.6 is 23.2 Å². The summed E-state index contributed by atoms with van der Waals surface area (Å²) in [4.78, 5) is 25.2. The molecule has 0 aromatic heterocycles. The second-order valence-corrected chi connectivity index (χ2v) is 7.04. The predicted octanol–water partition coefficient (Wildman–Crippen LogP) is 5.31. The highest BCUT2D eigenvalue weighted by atomic mass is 35.5. The van der Waals surface area contributed by atoms with Crippen LogP contribution < -0.4 is 0 Å². The van der Waals surface area contributed by atoms with Crippen LogP contribution in [0, 0.1) is 5.92 Å². The van der Waals surface area contributed by atoms with Crippen LogP contribution in [0.15, 0.2) is 54.6 Å². The number of ketones is 1. The molecular weight excluding hydrogens is 371 g/mol. The maximum Gasteiger partial charge on any atom is 0.317 e. The Labute approximate surface area is 162 Å². The third kappa shape index (κ3) is 4.00. The molecule has 0 unspecified atom stereocenters. The quantitative estimate of drug-likeness (QED) is 0.526. The lowest BCUT2D eigenvalue weighted by molar-refractivity contribution is -0.151. The predicted molar refractivity (Wildman–Crippen MR) is 103 cm³/mol. The molecule has 0 saturated heterocycles. The monoisotopic (exact) mass is 388 g/mol. The Balaban J connectivity index is 2.01. The van der Waals surface area contributed by atoms with Crippen LogP contribution in [0.2, 0.25) is 10.0 Å². The number of hydrogen-bond acceptors (Lipinski definition) is 3. The second-order valence-electron chi connectivity index (χ2n) is 6.17. The largest absolute Gasteiger partial charge is 0.465 e. The molecule has 0 aliphatic heterocycles. The number of carbonyl (C=O) groups is 2. The van der Waals surface area contributed by atoms with Crippen LogP contribution in [0.25, 0.3) is 5.57 Å². The van der Waals surface area contributed by atoms with Crippen molar-refractivity contribution in [3.8, 4) is 0 Å². The SMILES string of the molecule is CCOC(=O)[C@@H]1C(=O)C=C(c2ccc(Cl)cc2)C[C@H]1c1ccc(Cl)cc1. The molecule has 0 N–H and O–H groups in total. The molecule has 1 aliphatic carbocycles. The molecule has 0 heterocycles. The third-order valence-electron chi connectivity index (χ3n) is 4.52. The van der Waals surface area contributed by atoms with Gasteiger partial charge in [-0.15, -0.1) is 0 Å². The molecule has 2 aromatic carbocycles. The molecule has 26 heavy (non-hydrogen) atoms. The van der Waals surface area contributed by atoms with Crippen LogP contribution in [0.4, 0.5) is 0 Å². The topological polar surface area (TPSA) is 43.4 Å². The van der Waals surface area contributed by atoms with E-state index in [-0.39, 0.29) is 18.3 Å². The lowest BCUT2D eigenvalue weighted by Gasteiger charge is -2.29. The summed E-state index contributed by atoms with van der Waals surface area (Å²) in [6, 6.07) is 14.6. The van der Waals surface area contributed by atoms with Crippen molar-refractivity contribution < 1.29 is 14.3 Å². The van der Waals surface area contributed by atoms with Crippen LogP contribution in [-0.4, -0.2) is 18.4 Å². The van der Waals surface area contributed by atoms with Gasteiger partial charge in [0.05, 0.1) is 6.61 Å². The first-order valence-electron chi connectivity index (χ1n) is 8.42. The van der Waals surface area contributed by atoms with Crippen molar-refractivity contribution >= 4 is 40.5 Å². The minimum Gasteiger partial charge on any atom is -0.465 e. The maximum atomic E-state index is 12.8. The van der Waals surface area contributed by atoms with E-state index < -0.39 is 11.9 Å². The highest BCUT2D eigenvalue weighted by Crippen LogP contribution is 2.40. The first-order valence-corrected chi connectivity index (χ1v) is 9.17. The fourth-order valence-corrected chi connectivity index (χ4v) is 3.52. The summed E-state index contributed by atoms with van der Waals surface area (Å²) in [6.07, 6.45) is 2.11.